The summed E-state index contributed by atoms with van der Waals surface area (Å²) in [5, 5.41) is 19.4. The molecule has 2 fully saturated rings. The molecule has 2 aliphatic heterocycles. The van der Waals surface area contributed by atoms with Gasteiger partial charge in [0.25, 0.3) is 0 Å². The molecule has 23 nitrogen and oxygen atoms in total. The monoisotopic (exact) mass is 1220 g/mol. The van der Waals surface area contributed by atoms with Crippen LogP contribution in [0.5, 0.6) is 0 Å². The fraction of sp³-hybridized carbons (Fsp3) is 0.945. The summed E-state index contributed by atoms with van der Waals surface area (Å²) < 4.78 is 100. The molecular weight excluding hydrogens is 1120 g/mol. The van der Waals surface area contributed by atoms with Crippen LogP contribution < -0.4 is 11.5 Å². The van der Waals surface area contributed by atoms with Crippen molar-refractivity contribution in [3.8, 4) is 6.07 Å². The van der Waals surface area contributed by atoms with Crippen LogP contribution in [-0.2, 0) is 88.4 Å². The van der Waals surface area contributed by atoms with Gasteiger partial charge in [0.15, 0.2) is 21.6 Å². The van der Waals surface area contributed by atoms with E-state index in [-0.39, 0.29) is 71.4 Å². The average molecular weight is 1220 g/mol. The van der Waals surface area contributed by atoms with Gasteiger partial charge in [-0.1, -0.05) is 67.2 Å². The molecule has 0 bridgehead atoms. The van der Waals surface area contributed by atoms with E-state index in [9.17, 15) is 14.7 Å². The van der Waals surface area contributed by atoms with Gasteiger partial charge in [-0.25, -0.2) is 0 Å². The topological polar surface area (TPSA) is 287 Å². The van der Waals surface area contributed by atoms with E-state index in [1.165, 1.54) is 13.8 Å². The Morgan fingerprint density at radius 1 is 0.543 bits per heavy atom. The van der Waals surface area contributed by atoms with Crippen molar-refractivity contribution in [3.05, 3.63) is 0 Å². The van der Waals surface area contributed by atoms with Crippen molar-refractivity contribution in [2.24, 2.45) is 28.7 Å². The maximum atomic E-state index is 11.7. The number of aliphatic hydroxyl groups excluding tert-OH is 1. The summed E-state index contributed by atoms with van der Waals surface area (Å²) in [6, 6.07) is 0.920. The standard InChI is InChI=1S/C55H106N3O20P3/c1-9-26-69-80(71-35-19-15-13-17-31-65-53-49(57)51(75-45(7)60)43(5)47(11-3)77-53)73-37-23-29-63-41-55(39-59,40-62-28-22-34-68-79-67-33-21-25-56)42-64-30-24-38-74-81(70-27-10-2)72-36-20-16-14-18-32-66-54-50(58)52(76-46(8)61)44(6)48(12-4)78-54/h43-44,47-54,59,79H,9-24,26-42,57-58H2,1-8H3/t43-,44-,47?,48?,49?,50?,51?,52?,53+,54+,55?,80?,81?/m0/s1. The first-order chi connectivity index (χ1) is 39.3. The molecule has 0 aromatic carbocycles. The number of carbonyl (C=O) groups excluding carboxylic acids is 2. The average Bonchev–Trinajstić information content (AvgIpc) is 3.47. The lowest BCUT2D eigenvalue weighted by Crippen LogP contribution is -2.59. The molecule has 0 radical (unpaired) electrons. The van der Waals surface area contributed by atoms with Crippen molar-refractivity contribution in [1.29, 1.82) is 5.26 Å². The van der Waals surface area contributed by atoms with Crippen LogP contribution in [0.15, 0.2) is 0 Å². The summed E-state index contributed by atoms with van der Waals surface area (Å²) in [6.45, 7) is 20.9. The molecule has 0 spiro atoms. The SMILES string of the molecule is CCCOP(OCCCCCCO[C@@H]1OC(CC)[C@H](C)C(OC(C)=O)C1N)OCCCOCC(CO)(COCCCOPOCCC#N)COCCCOP(OCCC)OCCCCCCO[C@@H]1OC(CC)[C@H](C)C(OC(C)=O)C1N. The number of unbranched alkanes of at least 4 members (excludes halogenated alkanes) is 6. The lowest BCUT2D eigenvalue weighted by molar-refractivity contribution is -0.248. The zero-order valence-corrected chi connectivity index (χ0v) is 53.1. The Morgan fingerprint density at radius 3 is 1.28 bits per heavy atom. The van der Waals surface area contributed by atoms with E-state index in [1.54, 1.807) is 0 Å². The Hall–Kier alpha value is -1.00. The van der Waals surface area contributed by atoms with Crippen LogP contribution in [-0.4, -0.2) is 178 Å². The highest BCUT2D eigenvalue weighted by Crippen LogP contribution is 2.41. The minimum atomic E-state index is -1.53. The smallest absolute Gasteiger partial charge is 0.332 e. The van der Waals surface area contributed by atoms with Crippen LogP contribution in [0.4, 0.5) is 0 Å². The third-order valence-corrected chi connectivity index (χ3v) is 16.3. The highest BCUT2D eigenvalue weighted by molar-refractivity contribution is 7.41. The zero-order valence-electron chi connectivity index (χ0n) is 50.3. The molecule has 2 saturated heterocycles. The normalized spacial score (nSPS) is 24.7. The number of nitrogens with two attached hydrogens (primary N) is 2. The van der Waals surface area contributed by atoms with Crippen molar-refractivity contribution < 1.29 is 93.5 Å². The molecule has 5 N–H and O–H groups in total. The van der Waals surface area contributed by atoms with Crippen molar-refractivity contribution >= 4 is 38.2 Å². The van der Waals surface area contributed by atoms with Crippen LogP contribution in [0.2, 0.25) is 0 Å². The van der Waals surface area contributed by atoms with E-state index >= 15 is 0 Å². The highest BCUT2D eigenvalue weighted by atomic mass is 31.2. The lowest BCUT2D eigenvalue weighted by atomic mass is 9.88. The molecule has 9 unspecified atom stereocenters. The summed E-state index contributed by atoms with van der Waals surface area (Å²) in [5.74, 6) is -0.767. The van der Waals surface area contributed by atoms with E-state index in [2.05, 4.69) is 0 Å². The largest absolute Gasteiger partial charge is 0.460 e. The van der Waals surface area contributed by atoms with E-state index in [0.29, 0.717) is 112 Å². The number of nitrogens with zero attached hydrogens (tertiary/aromatic N) is 1. The third-order valence-electron chi connectivity index (χ3n) is 13.2. The number of aliphatic hydroxyl groups is 1. The van der Waals surface area contributed by atoms with E-state index < -0.39 is 59.5 Å². The molecule has 0 saturated carbocycles. The fourth-order valence-corrected chi connectivity index (χ4v) is 11.4. The Bertz CT molecular complexity index is 1500. The Kier molecular flexibility index (Phi) is 46.1. The quantitative estimate of drug-likeness (QED) is 0.0290. The minimum absolute atomic E-state index is 0.0221. The van der Waals surface area contributed by atoms with Gasteiger partial charge in [-0.3, -0.25) is 9.59 Å². The zero-order chi connectivity index (χ0) is 59.4. The summed E-state index contributed by atoms with van der Waals surface area (Å²) >= 11 is 0. The molecule has 13 atom stereocenters. The third kappa shape index (κ3) is 34.2. The molecule has 81 heavy (non-hydrogen) atoms. The van der Waals surface area contributed by atoms with E-state index in [4.69, 9.17) is 95.6 Å². The van der Waals surface area contributed by atoms with Crippen molar-refractivity contribution in [1.82, 2.24) is 0 Å². The van der Waals surface area contributed by atoms with Gasteiger partial charge in [0.1, 0.15) is 12.2 Å². The number of hydrogen-bond acceptors (Lipinski definition) is 23. The molecule has 2 aliphatic rings. The lowest BCUT2D eigenvalue weighted by Gasteiger charge is -2.43. The van der Waals surface area contributed by atoms with Crippen LogP contribution in [0, 0.1) is 28.6 Å². The molecule has 2 heterocycles. The van der Waals surface area contributed by atoms with E-state index in [0.717, 1.165) is 77.0 Å². The summed E-state index contributed by atoms with van der Waals surface area (Å²) in [7, 11) is -3.21. The molecule has 476 valence electrons. The van der Waals surface area contributed by atoms with Crippen LogP contribution in [0.1, 0.15) is 158 Å². The minimum Gasteiger partial charge on any atom is -0.460 e. The fourth-order valence-electron chi connectivity index (χ4n) is 8.73. The molecule has 0 aromatic heterocycles. The first-order valence-corrected chi connectivity index (χ1v) is 32.8. The second kappa shape index (κ2) is 49.0. The van der Waals surface area contributed by atoms with Crippen LogP contribution >= 0.6 is 26.2 Å². The number of esters is 2. The number of hydrogen-bond donors (Lipinski definition) is 3. The molecule has 0 aliphatic carbocycles. The maximum Gasteiger partial charge on any atom is 0.332 e. The van der Waals surface area contributed by atoms with Gasteiger partial charge in [0, 0.05) is 58.7 Å². The van der Waals surface area contributed by atoms with Gasteiger partial charge in [-0.05, 0) is 70.6 Å². The number of nitriles is 1. The predicted molar refractivity (Wildman–Crippen MR) is 309 cm³/mol. The molecule has 26 heteroatoms. The van der Waals surface area contributed by atoms with Gasteiger partial charge >= 0.3 is 29.1 Å². The number of ether oxygens (including phenoxy) is 9. The van der Waals surface area contributed by atoms with Gasteiger partial charge < -0.3 is 95.4 Å². The molecule has 0 amide bonds. The molecule has 0 aromatic rings. The summed E-state index contributed by atoms with van der Waals surface area (Å²) in [5.41, 5.74) is 12.0. The van der Waals surface area contributed by atoms with Gasteiger partial charge in [-0.15, -0.1) is 0 Å². The van der Waals surface area contributed by atoms with E-state index in [1.807, 2.05) is 47.6 Å². The van der Waals surface area contributed by atoms with Crippen LogP contribution in [0.3, 0.4) is 0 Å². The first kappa shape index (κ1) is 76.1. The second-order valence-corrected chi connectivity index (χ2v) is 23.7. The van der Waals surface area contributed by atoms with Gasteiger partial charge in [0.05, 0.1) is 121 Å². The van der Waals surface area contributed by atoms with Crippen molar-refractivity contribution in [2.75, 3.05) is 112 Å². The Morgan fingerprint density at radius 2 is 0.914 bits per heavy atom. The number of carbonyl (C=O) groups is 2. The molecule has 2 rings (SSSR count). The van der Waals surface area contributed by atoms with Crippen LogP contribution in [0.25, 0.3) is 0 Å². The summed E-state index contributed by atoms with van der Waals surface area (Å²) in [4.78, 5) is 23.4. The van der Waals surface area contributed by atoms with Crippen molar-refractivity contribution in [2.45, 2.75) is 207 Å². The Balaban J connectivity index is 1.75. The predicted octanol–water partition coefficient (Wildman–Crippen LogP) is 9.23. The first-order valence-electron chi connectivity index (χ1n) is 29.8. The number of rotatable bonds is 53. The van der Waals surface area contributed by atoms with Gasteiger partial charge in [0.2, 0.25) is 0 Å². The van der Waals surface area contributed by atoms with Crippen molar-refractivity contribution in [3.63, 3.8) is 0 Å². The second-order valence-electron chi connectivity index (χ2n) is 20.5. The maximum absolute atomic E-state index is 11.7. The summed E-state index contributed by atoms with van der Waals surface area (Å²) in [6.07, 6.45) is 9.91. The highest BCUT2D eigenvalue weighted by Gasteiger charge is 2.45. The van der Waals surface area contributed by atoms with Gasteiger partial charge in [-0.2, -0.15) is 5.26 Å². The Labute approximate surface area is 489 Å². The molecular formula is C55H106N3O20P3.